The van der Waals surface area contributed by atoms with Crippen molar-refractivity contribution in [1.29, 1.82) is 0 Å². The Balaban J connectivity index is 4.10. The van der Waals surface area contributed by atoms with Crippen LogP contribution in [0.4, 0.5) is 0 Å². The average molecular weight is 191 g/mol. The molecule has 0 spiro atoms. The number of nitrogens with two attached hydrogens (primary N) is 1. The van der Waals surface area contributed by atoms with E-state index in [9.17, 15) is 0 Å². The number of aliphatic hydroxyl groups excluding tert-OH is 2. The molecule has 0 aliphatic carbocycles. The van der Waals surface area contributed by atoms with E-state index in [2.05, 4.69) is 10.5 Å². The van der Waals surface area contributed by atoms with Crippen LogP contribution in [0.25, 0.3) is 0 Å². The molecular weight excluding hydrogens is 174 g/mol. The molecule has 0 heterocycles. The van der Waals surface area contributed by atoms with Gasteiger partial charge in [0.15, 0.2) is 5.84 Å². The largest absolute Gasteiger partial charge is 0.409 e. The summed E-state index contributed by atoms with van der Waals surface area (Å²) < 4.78 is 0. The summed E-state index contributed by atoms with van der Waals surface area (Å²) in [5.74, 6) is 0.0136. The fourth-order valence-corrected chi connectivity index (χ4v) is 0.824. The minimum atomic E-state index is -0.755. The van der Waals surface area contributed by atoms with Crippen LogP contribution in [0.15, 0.2) is 5.16 Å². The highest BCUT2D eigenvalue weighted by Gasteiger charge is 2.25. The van der Waals surface area contributed by atoms with Crippen molar-refractivity contribution in [3.63, 3.8) is 0 Å². The molecule has 0 atom stereocenters. The van der Waals surface area contributed by atoms with Gasteiger partial charge in [-0.2, -0.15) is 0 Å². The van der Waals surface area contributed by atoms with Gasteiger partial charge >= 0.3 is 0 Å². The first-order chi connectivity index (χ1) is 6.14. The number of hydrogen-bond acceptors (Lipinski definition) is 5. The lowest BCUT2D eigenvalue weighted by molar-refractivity contribution is 0.0915. The molecule has 6 nitrogen and oxygen atoms in total. The first-order valence-corrected chi connectivity index (χ1v) is 4.07. The first kappa shape index (κ1) is 12.2. The lowest BCUT2D eigenvalue weighted by Crippen LogP contribution is -2.53. The maximum absolute atomic E-state index is 9.00. The lowest BCUT2D eigenvalue weighted by atomic mass is 9.98. The maximum atomic E-state index is 9.00. The molecule has 0 unspecified atom stereocenters. The number of nitrogens with zero attached hydrogens (tertiary/aromatic N) is 1. The third-order valence-electron chi connectivity index (χ3n) is 2.06. The number of oxime groups is 1. The summed E-state index contributed by atoms with van der Waals surface area (Å²) in [6.07, 6.45) is 0.554. The Bertz CT molecular complexity index is 160. The fraction of sp³-hybridized carbons (Fsp3) is 0.857. The topological polar surface area (TPSA) is 111 Å². The Morgan fingerprint density at radius 2 is 2.00 bits per heavy atom. The lowest BCUT2D eigenvalue weighted by Gasteiger charge is -2.29. The highest BCUT2D eigenvalue weighted by atomic mass is 16.4. The van der Waals surface area contributed by atoms with Gasteiger partial charge < -0.3 is 26.5 Å². The van der Waals surface area contributed by atoms with Crippen molar-refractivity contribution in [2.45, 2.75) is 18.9 Å². The second-order valence-electron chi connectivity index (χ2n) is 2.90. The quantitative estimate of drug-likeness (QED) is 0.151. The summed E-state index contributed by atoms with van der Waals surface area (Å²) in [6, 6.07) is 0. The van der Waals surface area contributed by atoms with E-state index in [4.69, 9.17) is 21.2 Å². The molecule has 6 N–H and O–H groups in total. The van der Waals surface area contributed by atoms with Crippen LogP contribution < -0.4 is 11.1 Å². The molecule has 78 valence electrons. The first-order valence-electron chi connectivity index (χ1n) is 4.07. The van der Waals surface area contributed by atoms with Gasteiger partial charge in [0.05, 0.1) is 25.3 Å². The monoisotopic (exact) mass is 191 g/mol. The fourth-order valence-electron chi connectivity index (χ4n) is 0.824. The van der Waals surface area contributed by atoms with Gasteiger partial charge in [-0.05, 0) is 6.42 Å². The summed E-state index contributed by atoms with van der Waals surface area (Å²) in [4.78, 5) is 0. The van der Waals surface area contributed by atoms with E-state index < -0.39 is 5.54 Å². The standard InChI is InChI=1S/C7H17N3O3/c1-2-7(4-11,5-12)9-3-6(8)10-13/h9,11-13H,2-5H2,1H3,(H2,8,10). The number of aliphatic hydroxyl groups is 2. The van der Waals surface area contributed by atoms with Crippen molar-refractivity contribution in [3.8, 4) is 0 Å². The molecule has 0 aliphatic rings. The van der Waals surface area contributed by atoms with Gasteiger partial charge in [0, 0.05) is 0 Å². The molecule has 0 amide bonds. The molecule has 0 aromatic carbocycles. The van der Waals surface area contributed by atoms with E-state index >= 15 is 0 Å². The second-order valence-corrected chi connectivity index (χ2v) is 2.90. The molecule has 6 heteroatoms. The van der Waals surface area contributed by atoms with Crippen LogP contribution in [0, 0.1) is 0 Å². The molecule has 0 aliphatic heterocycles. The third-order valence-corrected chi connectivity index (χ3v) is 2.06. The SMILES string of the molecule is CCC(CO)(CO)NCC(N)=NO. The van der Waals surface area contributed by atoms with E-state index in [1.807, 2.05) is 6.92 Å². The predicted molar refractivity (Wildman–Crippen MR) is 48.6 cm³/mol. The Morgan fingerprint density at radius 3 is 2.31 bits per heavy atom. The normalized spacial score (nSPS) is 13.3. The average Bonchev–Trinajstić information content (AvgIpc) is 2.20. The van der Waals surface area contributed by atoms with E-state index in [-0.39, 0.29) is 25.6 Å². The molecule has 0 saturated heterocycles. The highest BCUT2D eigenvalue weighted by Crippen LogP contribution is 2.07. The number of amidine groups is 1. The van der Waals surface area contributed by atoms with Gasteiger partial charge in [-0.3, -0.25) is 0 Å². The van der Waals surface area contributed by atoms with Gasteiger partial charge in [0.1, 0.15) is 0 Å². The zero-order chi connectivity index (χ0) is 10.3. The second kappa shape index (κ2) is 5.74. The molecule has 13 heavy (non-hydrogen) atoms. The molecule has 0 fully saturated rings. The van der Waals surface area contributed by atoms with Crippen LogP contribution in [-0.2, 0) is 0 Å². The van der Waals surface area contributed by atoms with Gasteiger partial charge in [0.25, 0.3) is 0 Å². The molecule has 0 aromatic heterocycles. The number of hydrogen-bond donors (Lipinski definition) is 5. The molecule has 0 aromatic rings. The van der Waals surface area contributed by atoms with Crippen molar-refractivity contribution in [1.82, 2.24) is 5.32 Å². The number of rotatable bonds is 6. The predicted octanol–water partition coefficient (Wildman–Crippen LogP) is -1.54. The Labute approximate surface area is 77.1 Å². The maximum Gasteiger partial charge on any atom is 0.153 e. The van der Waals surface area contributed by atoms with E-state index in [1.54, 1.807) is 0 Å². The van der Waals surface area contributed by atoms with E-state index in [0.717, 1.165) is 0 Å². The molecule has 0 saturated carbocycles. The smallest absolute Gasteiger partial charge is 0.153 e. The molecular formula is C7H17N3O3. The molecule has 0 bridgehead atoms. The zero-order valence-electron chi connectivity index (χ0n) is 7.69. The van der Waals surface area contributed by atoms with Crippen molar-refractivity contribution in [3.05, 3.63) is 0 Å². The summed E-state index contributed by atoms with van der Waals surface area (Å²) >= 11 is 0. The van der Waals surface area contributed by atoms with Gasteiger partial charge in [-0.1, -0.05) is 12.1 Å². The van der Waals surface area contributed by atoms with Crippen LogP contribution in [-0.4, -0.2) is 46.6 Å². The van der Waals surface area contributed by atoms with Gasteiger partial charge in [-0.15, -0.1) is 0 Å². The summed E-state index contributed by atoms with van der Waals surface area (Å²) in [5.41, 5.74) is 4.46. The minimum Gasteiger partial charge on any atom is -0.409 e. The van der Waals surface area contributed by atoms with Crippen molar-refractivity contribution in [2.24, 2.45) is 10.9 Å². The highest BCUT2D eigenvalue weighted by molar-refractivity contribution is 5.81. The van der Waals surface area contributed by atoms with Crippen LogP contribution in [0.1, 0.15) is 13.3 Å². The van der Waals surface area contributed by atoms with Crippen LogP contribution in [0.5, 0.6) is 0 Å². The van der Waals surface area contributed by atoms with Crippen molar-refractivity contribution in [2.75, 3.05) is 19.8 Å². The van der Waals surface area contributed by atoms with Gasteiger partial charge in [-0.25, -0.2) is 0 Å². The van der Waals surface area contributed by atoms with Crippen molar-refractivity contribution < 1.29 is 15.4 Å². The third kappa shape index (κ3) is 3.58. The molecule has 0 rings (SSSR count). The zero-order valence-corrected chi connectivity index (χ0v) is 7.69. The Kier molecular flexibility index (Phi) is 5.36. The number of nitrogens with one attached hydrogen (secondary N) is 1. The van der Waals surface area contributed by atoms with Crippen LogP contribution >= 0.6 is 0 Å². The van der Waals surface area contributed by atoms with E-state index in [0.29, 0.717) is 6.42 Å². The summed E-state index contributed by atoms with van der Waals surface area (Å²) in [7, 11) is 0. The van der Waals surface area contributed by atoms with E-state index in [1.165, 1.54) is 0 Å². The Morgan fingerprint density at radius 1 is 1.46 bits per heavy atom. The summed E-state index contributed by atoms with van der Waals surface area (Å²) in [5, 5.41) is 31.8. The summed E-state index contributed by atoms with van der Waals surface area (Å²) in [6.45, 7) is 1.56. The van der Waals surface area contributed by atoms with Crippen molar-refractivity contribution >= 4 is 5.84 Å². The van der Waals surface area contributed by atoms with Gasteiger partial charge in [0.2, 0.25) is 0 Å². The molecule has 0 radical (unpaired) electrons. The van der Waals surface area contributed by atoms with Crippen LogP contribution in [0.3, 0.4) is 0 Å². The minimum absolute atomic E-state index is 0.0136. The van der Waals surface area contributed by atoms with Crippen LogP contribution in [0.2, 0.25) is 0 Å². The Hall–Kier alpha value is -0.850.